The van der Waals surface area contributed by atoms with Gasteiger partial charge < -0.3 is 43.3 Å². The Morgan fingerprint density at radius 3 is 1.62 bits per heavy atom. The molecule has 268 valence electrons. The van der Waals surface area contributed by atoms with Gasteiger partial charge in [-0.1, -0.05) is 64.7 Å². The minimum absolute atomic E-state index is 0.290. The molecule has 3 heterocycles. The highest BCUT2D eigenvalue weighted by molar-refractivity contribution is 5.68. The lowest BCUT2D eigenvalue weighted by Gasteiger charge is -2.46. The molecular formula is C35H54N4O9. The molecule has 0 spiro atoms. The van der Waals surface area contributed by atoms with E-state index >= 15 is 0 Å². The lowest BCUT2D eigenvalue weighted by atomic mass is 9.96. The Kier molecular flexibility index (Phi) is 16.9. The van der Waals surface area contributed by atoms with Crippen LogP contribution in [0.1, 0.15) is 105 Å². The predicted octanol–water partition coefficient (Wildman–Crippen LogP) is 4.55. The first kappa shape index (κ1) is 39.0. The van der Waals surface area contributed by atoms with E-state index in [1.807, 2.05) is 16.0 Å². The molecule has 5 atom stereocenters. The minimum atomic E-state index is -1.24. The van der Waals surface area contributed by atoms with Crippen molar-refractivity contribution in [2.45, 2.75) is 136 Å². The quantitative estimate of drug-likeness (QED) is 0.0961. The molecule has 3 aliphatic heterocycles. The molecular weight excluding hydrogens is 620 g/mol. The molecule has 0 saturated carbocycles. The van der Waals surface area contributed by atoms with Crippen LogP contribution >= 0.6 is 0 Å². The molecule has 13 nitrogen and oxygen atoms in total. The molecule has 1 saturated heterocycles. The molecule has 3 aliphatic rings. The summed E-state index contributed by atoms with van der Waals surface area (Å²) in [6, 6.07) is 0. The van der Waals surface area contributed by atoms with Gasteiger partial charge in [-0.05, 0) is 12.8 Å². The van der Waals surface area contributed by atoms with Crippen LogP contribution in [0.2, 0.25) is 0 Å². The standard InChI is InChI=1S/C35H54N4O9/c1-6-7-8-9-10-11-12-13-14-15-17-36-20-21-37(25-36)18-16-19-38-22-23-39(26-38)35-34(47-30(5)43)33(46-29(4)42)32(45-28(3)41)31(48-35)24-44-27(2)40/h20-23,31-35H,6-19,24H2,1-5H3/t31-,32-,33+,34-,35-/m1/s1. The van der Waals surface area contributed by atoms with Crippen LogP contribution in [0.4, 0.5) is 0 Å². The number of nitrogens with zero attached hydrogens (tertiary/aromatic N) is 4. The van der Waals surface area contributed by atoms with Crippen molar-refractivity contribution in [1.82, 2.24) is 19.6 Å². The Morgan fingerprint density at radius 1 is 0.583 bits per heavy atom. The van der Waals surface area contributed by atoms with Crippen molar-refractivity contribution in [3.8, 4) is 0 Å². The fourth-order valence-electron chi connectivity index (χ4n) is 5.89. The van der Waals surface area contributed by atoms with Gasteiger partial charge in [-0.3, -0.25) is 19.2 Å². The summed E-state index contributed by atoms with van der Waals surface area (Å²) in [5.74, 6) is -2.58. The number of carbonyl (C=O) groups is 4. The predicted molar refractivity (Wildman–Crippen MR) is 175 cm³/mol. The van der Waals surface area contributed by atoms with Crippen LogP contribution in [0.15, 0.2) is 24.8 Å². The van der Waals surface area contributed by atoms with Crippen LogP contribution in [0.3, 0.4) is 0 Å². The summed E-state index contributed by atoms with van der Waals surface area (Å²) >= 11 is 0. The van der Waals surface area contributed by atoms with Crippen molar-refractivity contribution in [2.24, 2.45) is 0 Å². The van der Waals surface area contributed by atoms with Gasteiger partial charge in [0, 0.05) is 72.1 Å². The average Bonchev–Trinajstić information content (AvgIpc) is 3.68. The smallest absolute Gasteiger partial charge is 0.303 e. The van der Waals surface area contributed by atoms with Gasteiger partial charge in [0.1, 0.15) is 12.7 Å². The first-order chi connectivity index (χ1) is 23.1. The summed E-state index contributed by atoms with van der Waals surface area (Å²) in [5, 5.41) is 0. The number of hydrogen-bond donors (Lipinski definition) is 0. The van der Waals surface area contributed by atoms with E-state index in [2.05, 4.69) is 31.4 Å². The van der Waals surface area contributed by atoms with Gasteiger partial charge in [-0.2, -0.15) is 0 Å². The van der Waals surface area contributed by atoms with E-state index in [1.165, 1.54) is 85.5 Å². The Labute approximate surface area is 286 Å². The van der Waals surface area contributed by atoms with Crippen molar-refractivity contribution in [3.05, 3.63) is 38.1 Å². The Bertz CT molecular complexity index is 1090. The lowest BCUT2D eigenvalue weighted by molar-refractivity contribution is -0.271. The van der Waals surface area contributed by atoms with E-state index in [1.54, 1.807) is 17.3 Å². The molecule has 0 N–H and O–H groups in total. The van der Waals surface area contributed by atoms with Gasteiger partial charge >= 0.3 is 23.9 Å². The summed E-state index contributed by atoms with van der Waals surface area (Å²) in [6.07, 6.45) is 15.8. The van der Waals surface area contributed by atoms with E-state index in [0.717, 1.165) is 25.9 Å². The van der Waals surface area contributed by atoms with Gasteiger partial charge in [0.2, 0.25) is 13.3 Å². The fraction of sp³-hybridized carbons (Fsp3) is 0.714. The largest absolute Gasteiger partial charge is 0.463 e. The summed E-state index contributed by atoms with van der Waals surface area (Å²) < 4.78 is 27.9. The molecule has 13 heteroatoms. The van der Waals surface area contributed by atoms with Crippen LogP contribution in [0, 0.1) is 13.3 Å². The highest BCUT2D eigenvalue weighted by Gasteiger charge is 2.54. The Morgan fingerprint density at radius 2 is 1.06 bits per heavy atom. The molecule has 0 aliphatic carbocycles. The monoisotopic (exact) mass is 674 g/mol. The van der Waals surface area contributed by atoms with E-state index in [4.69, 9.17) is 23.7 Å². The molecule has 1 fully saturated rings. The number of unbranched alkanes of at least 4 members (excludes halogenated alkanes) is 9. The van der Waals surface area contributed by atoms with Crippen LogP contribution in [0.5, 0.6) is 0 Å². The van der Waals surface area contributed by atoms with Crippen molar-refractivity contribution in [3.63, 3.8) is 0 Å². The second kappa shape index (κ2) is 20.8. The van der Waals surface area contributed by atoms with Crippen molar-refractivity contribution in [2.75, 3.05) is 26.2 Å². The van der Waals surface area contributed by atoms with Crippen molar-refractivity contribution in [1.29, 1.82) is 0 Å². The normalized spacial score (nSPS) is 23.5. The van der Waals surface area contributed by atoms with Crippen LogP contribution in [0.25, 0.3) is 0 Å². The van der Waals surface area contributed by atoms with Crippen LogP contribution in [-0.2, 0) is 42.9 Å². The number of rotatable bonds is 21. The molecule has 0 aromatic heterocycles. The number of esters is 4. The van der Waals surface area contributed by atoms with Crippen molar-refractivity contribution < 1.29 is 42.9 Å². The molecule has 0 bridgehead atoms. The van der Waals surface area contributed by atoms with Gasteiger partial charge in [0.25, 0.3) is 0 Å². The summed E-state index contributed by atoms with van der Waals surface area (Å²) in [4.78, 5) is 55.4. The SMILES string of the molecule is CCCCCCCCCCCCN1[C]N(CCCN2[C]N([C@@H]3O[C@H](COC(C)=O)[C@@H](OC(C)=O)[C@H](OC(C)=O)[C@H]3OC(C)=O)C=C2)C=C1. The highest BCUT2D eigenvalue weighted by Crippen LogP contribution is 2.33. The molecule has 0 aromatic carbocycles. The number of carbonyl (C=O) groups excluding carboxylic acids is 4. The Hall–Kier alpha value is -3.48. The van der Waals surface area contributed by atoms with Crippen molar-refractivity contribution >= 4 is 23.9 Å². The van der Waals surface area contributed by atoms with Gasteiger partial charge in [-0.15, -0.1) is 0 Å². The van der Waals surface area contributed by atoms with Gasteiger partial charge in [0.15, 0.2) is 24.5 Å². The van der Waals surface area contributed by atoms with Gasteiger partial charge in [0.05, 0.1) is 0 Å². The first-order valence-corrected chi connectivity index (χ1v) is 17.3. The summed E-state index contributed by atoms with van der Waals surface area (Å²) in [7, 11) is 0. The van der Waals surface area contributed by atoms with E-state index < -0.39 is 54.5 Å². The number of ether oxygens (including phenoxy) is 5. The maximum atomic E-state index is 12.2. The zero-order valence-corrected chi connectivity index (χ0v) is 29.3. The average molecular weight is 675 g/mol. The number of hydrogen-bond acceptors (Lipinski definition) is 13. The molecule has 0 amide bonds. The third kappa shape index (κ3) is 13.6. The molecule has 3 rings (SSSR count). The summed E-state index contributed by atoms with van der Waals surface area (Å²) in [6.45, 7) is 15.7. The molecule has 0 aromatic rings. The zero-order chi connectivity index (χ0) is 34.9. The van der Waals surface area contributed by atoms with Gasteiger partial charge in [-0.25, -0.2) is 0 Å². The van der Waals surface area contributed by atoms with E-state index in [-0.39, 0.29) is 6.61 Å². The fourth-order valence-corrected chi connectivity index (χ4v) is 5.89. The summed E-state index contributed by atoms with van der Waals surface area (Å²) in [5.41, 5.74) is 0. The topological polar surface area (TPSA) is 127 Å². The second-order valence-corrected chi connectivity index (χ2v) is 12.4. The maximum absolute atomic E-state index is 12.2. The van der Waals surface area contributed by atoms with E-state index in [9.17, 15) is 19.2 Å². The highest BCUT2D eigenvalue weighted by atomic mass is 16.7. The molecule has 4 radical (unpaired) electrons. The third-order valence-corrected chi connectivity index (χ3v) is 8.13. The second-order valence-electron chi connectivity index (χ2n) is 12.4. The first-order valence-electron chi connectivity index (χ1n) is 17.3. The van der Waals surface area contributed by atoms with Crippen LogP contribution in [-0.4, -0.2) is 100 Å². The molecule has 0 unspecified atom stereocenters. The van der Waals surface area contributed by atoms with Crippen LogP contribution < -0.4 is 0 Å². The molecule has 48 heavy (non-hydrogen) atoms. The minimum Gasteiger partial charge on any atom is -0.463 e. The maximum Gasteiger partial charge on any atom is 0.303 e. The van der Waals surface area contributed by atoms with E-state index in [0.29, 0.717) is 6.54 Å². The Balaban J connectivity index is 1.46. The lowest BCUT2D eigenvalue weighted by Crippen LogP contribution is -2.65. The third-order valence-electron chi connectivity index (χ3n) is 8.13. The zero-order valence-electron chi connectivity index (χ0n) is 29.3.